The summed E-state index contributed by atoms with van der Waals surface area (Å²) in [6.45, 7) is 4.22. The third-order valence-electron chi connectivity index (χ3n) is 8.13. The maximum absolute atomic E-state index is 15.3. The second-order valence-corrected chi connectivity index (χ2v) is 10.7. The summed E-state index contributed by atoms with van der Waals surface area (Å²) in [5.41, 5.74) is 4.33. The summed E-state index contributed by atoms with van der Waals surface area (Å²) >= 11 is 0. The van der Waals surface area contributed by atoms with Gasteiger partial charge in [0.25, 0.3) is 0 Å². The summed E-state index contributed by atoms with van der Waals surface area (Å²) < 4.78 is 20.8. The summed E-state index contributed by atoms with van der Waals surface area (Å²) in [5, 5.41) is 4.68. The Morgan fingerprint density at radius 2 is 1.84 bits per heavy atom. The number of anilines is 2. The predicted molar refractivity (Wildman–Crippen MR) is 142 cm³/mol. The van der Waals surface area contributed by atoms with Gasteiger partial charge in [-0.1, -0.05) is 11.2 Å². The summed E-state index contributed by atoms with van der Waals surface area (Å²) in [4.78, 5) is 30.0. The Balaban J connectivity index is 1.18. The third kappa shape index (κ3) is 4.01. The molecule has 0 unspecified atom stereocenters. The van der Waals surface area contributed by atoms with E-state index in [9.17, 15) is 4.79 Å². The van der Waals surface area contributed by atoms with Crippen molar-refractivity contribution in [1.82, 2.24) is 20.1 Å². The Labute approximate surface area is 219 Å². The monoisotopic (exact) mass is 512 g/mol. The van der Waals surface area contributed by atoms with Gasteiger partial charge in [-0.05, 0) is 74.4 Å². The second-order valence-electron chi connectivity index (χ2n) is 10.7. The molecule has 1 aliphatic carbocycles. The number of nitrogens with zero attached hydrogens (tertiary/aromatic N) is 6. The number of rotatable bonds is 5. The van der Waals surface area contributed by atoms with Crippen molar-refractivity contribution in [3.63, 3.8) is 0 Å². The first kappa shape index (κ1) is 23.3. The molecule has 3 aliphatic rings. The molecule has 8 nitrogen and oxygen atoms in total. The van der Waals surface area contributed by atoms with Crippen LogP contribution in [0.1, 0.15) is 67.6 Å². The van der Waals surface area contributed by atoms with E-state index in [4.69, 9.17) is 4.52 Å². The van der Waals surface area contributed by atoms with Gasteiger partial charge in [0.15, 0.2) is 5.82 Å². The smallest absolute Gasteiger partial charge is 0.229 e. The van der Waals surface area contributed by atoms with Gasteiger partial charge in [-0.25, -0.2) is 14.4 Å². The zero-order valence-corrected chi connectivity index (χ0v) is 21.4. The molecule has 4 heterocycles. The highest BCUT2D eigenvalue weighted by Crippen LogP contribution is 2.41. The highest BCUT2D eigenvalue weighted by molar-refractivity contribution is 6.01. The van der Waals surface area contributed by atoms with Crippen LogP contribution in [0.5, 0.6) is 0 Å². The molecule has 0 N–H and O–H groups in total. The van der Waals surface area contributed by atoms with Crippen molar-refractivity contribution in [2.45, 2.75) is 57.3 Å². The number of amides is 1. The number of halogens is 1. The fourth-order valence-electron chi connectivity index (χ4n) is 5.88. The molecule has 1 amide bonds. The van der Waals surface area contributed by atoms with Crippen molar-refractivity contribution in [3.05, 3.63) is 59.8 Å². The summed E-state index contributed by atoms with van der Waals surface area (Å²) in [6.07, 6.45) is 6.98. The van der Waals surface area contributed by atoms with Crippen LogP contribution in [0, 0.1) is 12.7 Å². The van der Waals surface area contributed by atoms with Gasteiger partial charge in [-0.2, -0.15) is 4.98 Å². The van der Waals surface area contributed by atoms with Crippen LogP contribution in [0.3, 0.4) is 0 Å². The number of carbonyl (C=O) groups excluding carboxylic acids is 1. The molecule has 1 saturated carbocycles. The van der Waals surface area contributed by atoms with E-state index in [0.29, 0.717) is 29.1 Å². The molecule has 4 aromatic rings. The lowest BCUT2D eigenvalue weighted by Gasteiger charge is -2.32. The lowest BCUT2D eigenvalue weighted by Crippen LogP contribution is -2.34. The van der Waals surface area contributed by atoms with Crippen LogP contribution >= 0.6 is 0 Å². The largest absolute Gasteiger partial charge is 0.356 e. The van der Waals surface area contributed by atoms with E-state index >= 15 is 4.39 Å². The third-order valence-corrected chi connectivity index (χ3v) is 8.13. The molecule has 3 fully saturated rings. The zero-order valence-electron chi connectivity index (χ0n) is 21.4. The van der Waals surface area contributed by atoms with E-state index in [-0.39, 0.29) is 17.6 Å². The SMILES string of the molecule is Cc1cc(-c2ccc(F)c3c(N4CCC(c5noc(C6CC6)n5)CC4)ncnc23)ccc1N1CCCC1=O. The average Bonchev–Trinajstić information content (AvgIpc) is 3.51. The summed E-state index contributed by atoms with van der Waals surface area (Å²) in [7, 11) is 0. The van der Waals surface area contributed by atoms with Crippen molar-refractivity contribution < 1.29 is 13.7 Å². The van der Waals surface area contributed by atoms with Gasteiger partial charge in [-0.3, -0.25) is 4.79 Å². The highest BCUT2D eigenvalue weighted by Gasteiger charge is 2.32. The van der Waals surface area contributed by atoms with Crippen LogP contribution in [-0.2, 0) is 4.79 Å². The van der Waals surface area contributed by atoms with Gasteiger partial charge in [-0.15, -0.1) is 0 Å². The van der Waals surface area contributed by atoms with Crippen LogP contribution in [0.25, 0.3) is 22.0 Å². The van der Waals surface area contributed by atoms with Gasteiger partial charge < -0.3 is 14.3 Å². The maximum atomic E-state index is 15.3. The number of hydrogen-bond acceptors (Lipinski definition) is 7. The minimum Gasteiger partial charge on any atom is -0.356 e. The fourth-order valence-corrected chi connectivity index (χ4v) is 5.88. The van der Waals surface area contributed by atoms with E-state index in [0.717, 1.165) is 85.8 Å². The topological polar surface area (TPSA) is 88.2 Å². The average molecular weight is 513 g/mol. The molecular formula is C29H29FN6O2. The van der Waals surface area contributed by atoms with Crippen LogP contribution in [-0.4, -0.2) is 45.7 Å². The molecule has 2 saturated heterocycles. The van der Waals surface area contributed by atoms with Crippen molar-refractivity contribution in [2.75, 3.05) is 29.4 Å². The summed E-state index contributed by atoms with van der Waals surface area (Å²) in [6, 6.07) is 9.33. The zero-order chi connectivity index (χ0) is 25.8. The number of piperidine rings is 1. The maximum Gasteiger partial charge on any atom is 0.229 e. The predicted octanol–water partition coefficient (Wildman–Crippen LogP) is 5.52. The molecule has 2 aromatic carbocycles. The Kier molecular flexibility index (Phi) is 5.60. The number of aromatic nitrogens is 4. The van der Waals surface area contributed by atoms with E-state index in [1.165, 1.54) is 12.4 Å². The van der Waals surface area contributed by atoms with E-state index < -0.39 is 0 Å². The standard InChI is InChI=1S/C29H29FN6O2/c1-17-15-20(6-9-23(17)36-12-2-3-24(36)37)21-7-8-22(30)25-26(21)31-16-32-28(25)35-13-10-18(11-14-35)27-33-29(38-34-27)19-4-5-19/h6-9,15-16,18-19H,2-5,10-14H2,1H3. The quantitative estimate of drug-likeness (QED) is 0.348. The van der Waals surface area contributed by atoms with Crippen molar-refractivity contribution >= 4 is 28.3 Å². The first-order valence-corrected chi connectivity index (χ1v) is 13.5. The number of carbonyl (C=O) groups is 1. The van der Waals surface area contributed by atoms with Crippen LogP contribution in [0.4, 0.5) is 15.9 Å². The number of aryl methyl sites for hydroxylation is 1. The summed E-state index contributed by atoms with van der Waals surface area (Å²) in [5.74, 6) is 2.71. The van der Waals surface area contributed by atoms with Crippen LogP contribution in [0.15, 0.2) is 41.2 Å². The van der Waals surface area contributed by atoms with E-state index in [2.05, 4.69) is 31.1 Å². The second kappa shape index (κ2) is 9.15. The molecule has 2 aromatic heterocycles. The Hall–Kier alpha value is -3.88. The van der Waals surface area contributed by atoms with E-state index in [1.54, 1.807) is 6.07 Å². The van der Waals surface area contributed by atoms with Gasteiger partial charge >= 0.3 is 0 Å². The molecule has 7 rings (SSSR count). The highest BCUT2D eigenvalue weighted by atomic mass is 19.1. The van der Waals surface area contributed by atoms with Gasteiger partial charge in [0.05, 0.1) is 10.9 Å². The van der Waals surface area contributed by atoms with Crippen molar-refractivity contribution in [2.24, 2.45) is 0 Å². The number of fused-ring (bicyclic) bond motifs is 1. The van der Waals surface area contributed by atoms with Crippen molar-refractivity contribution in [3.8, 4) is 11.1 Å². The lowest BCUT2D eigenvalue weighted by molar-refractivity contribution is -0.117. The molecule has 38 heavy (non-hydrogen) atoms. The molecule has 0 bridgehead atoms. The Morgan fingerprint density at radius 1 is 1.00 bits per heavy atom. The Bertz CT molecular complexity index is 1540. The minimum absolute atomic E-state index is 0.164. The first-order chi connectivity index (χ1) is 18.6. The molecule has 0 radical (unpaired) electrons. The van der Waals surface area contributed by atoms with Crippen LogP contribution < -0.4 is 9.80 Å². The van der Waals surface area contributed by atoms with Crippen molar-refractivity contribution in [1.29, 1.82) is 0 Å². The Morgan fingerprint density at radius 3 is 2.58 bits per heavy atom. The van der Waals surface area contributed by atoms with Gasteiger partial charge in [0.1, 0.15) is 18.0 Å². The molecule has 9 heteroatoms. The molecular weight excluding hydrogens is 483 g/mol. The molecule has 2 aliphatic heterocycles. The van der Waals surface area contributed by atoms with Gasteiger partial charge in [0, 0.05) is 49.1 Å². The van der Waals surface area contributed by atoms with Crippen LogP contribution in [0.2, 0.25) is 0 Å². The number of hydrogen-bond donors (Lipinski definition) is 0. The van der Waals surface area contributed by atoms with E-state index in [1.807, 2.05) is 24.0 Å². The lowest BCUT2D eigenvalue weighted by atomic mass is 9.95. The number of benzene rings is 2. The van der Waals surface area contributed by atoms with Gasteiger partial charge in [0.2, 0.25) is 11.8 Å². The first-order valence-electron chi connectivity index (χ1n) is 13.5. The molecule has 0 spiro atoms. The molecule has 0 atom stereocenters. The normalized spacial score (nSPS) is 18.6. The minimum atomic E-state index is -0.329. The fraction of sp³-hybridized carbons (Fsp3) is 0.414. The molecule has 194 valence electrons.